The Hall–Kier alpha value is -5.34. The van der Waals surface area contributed by atoms with Crippen molar-refractivity contribution >= 4 is 57.0 Å². The van der Waals surface area contributed by atoms with E-state index in [4.69, 9.17) is 28.4 Å². The first-order valence-electron chi connectivity index (χ1n) is 25.8. The molecule has 2 N–H and O–H groups in total. The van der Waals surface area contributed by atoms with Gasteiger partial charge in [-0.3, -0.25) is 0 Å². The van der Waals surface area contributed by atoms with E-state index >= 15 is 0 Å². The van der Waals surface area contributed by atoms with Crippen LogP contribution >= 0.6 is 35.2 Å². The van der Waals surface area contributed by atoms with E-state index in [0.29, 0.717) is 5.92 Å². The predicted octanol–water partition coefficient (Wildman–Crippen LogP) is 24.1. The van der Waals surface area contributed by atoms with Crippen LogP contribution in [0.2, 0.25) is 0 Å². The van der Waals surface area contributed by atoms with Crippen molar-refractivity contribution in [3.63, 3.8) is 0 Å². The van der Waals surface area contributed by atoms with Crippen LogP contribution in [-0.2, 0) is 48.3 Å². The molecule has 93 heavy (non-hydrogen) atoms. The third-order valence-corrected chi connectivity index (χ3v) is 15.6. The van der Waals surface area contributed by atoms with Gasteiger partial charge in [-0.1, -0.05) is 80.2 Å². The number of aliphatic hydroxyl groups excluding tert-OH is 2. The minimum Gasteiger partial charge on any atom is -0.358 e. The molecule has 7 aromatic rings. The van der Waals surface area contributed by atoms with Gasteiger partial charge in [0.15, 0.2) is 43.0 Å². The Morgan fingerprint density at radius 1 is 0.387 bits per heavy atom. The number of allylic oxidation sites excluding steroid dienone is 4. The molecule has 0 aromatic heterocycles. The summed E-state index contributed by atoms with van der Waals surface area (Å²) in [5.74, 6) is 3.60. The number of benzene rings is 7. The van der Waals surface area contributed by atoms with Gasteiger partial charge in [-0.25, -0.2) is 0 Å². The summed E-state index contributed by atoms with van der Waals surface area (Å²) in [6, 6.07) is 60.5. The molecule has 0 fully saturated rings. The van der Waals surface area contributed by atoms with Crippen LogP contribution in [0.25, 0.3) is 0 Å². The first-order chi connectivity index (χ1) is 41.2. The van der Waals surface area contributed by atoms with Gasteiger partial charge in [-0.2, -0.15) is 0 Å². The zero-order valence-electron chi connectivity index (χ0n) is 50.1. The van der Waals surface area contributed by atoms with E-state index in [9.17, 15) is 85.8 Å². The Morgan fingerprint density at radius 2 is 0.624 bits per heavy atom. The largest absolute Gasteiger partial charge is 2.00 e. The van der Waals surface area contributed by atoms with E-state index in [2.05, 4.69) is 159 Å². The molecule has 0 atom stereocenters. The van der Waals surface area contributed by atoms with E-state index in [1.807, 2.05) is 54.6 Å². The van der Waals surface area contributed by atoms with Gasteiger partial charge >= 0.3 is 116 Å². The van der Waals surface area contributed by atoms with E-state index < -0.39 is 34.3 Å². The first kappa shape index (κ1) is 87.7. The predicted molar refractivity (Wildman–Crippen MR) is 334 cm³/mol. The Morgan fingerprint density at radius 3 is 0.817 bits per heavy atom. The smallest absolute Gasteiger partial charge is 0.358 e. The fourth-order valence-electron chi connectivity index (χ4n) is 6.74. The molecule has 8 rings (SSSR count). The summed E-state index contributed by atoms with van der Waals surface area (Å²) < 4.78 is 210. The SMILES string of the molecule is C1=CCC=C1.CC(C)c1ccccc1.COCOc1ccc([S+](c2ccc(OCOC)cc2)c2ccc(Sc3ccc([S+](c4ccc(OCCO)cc4)c4ccc(OCCO)cc4)cc3)cc2)cc1.F[P-](F)(F)(F)(F)F.F[P-](F)(F)(F)(F)F.F[P-](F)(F)(F)(F)F.[CH3-].[CH3-].[Fe+2]. The van der Waals surface area contributed by atoms with Gasteiger partial charge in [0.2, 0.25) is 0 Å². The molecule has 0 radical (unpaired) electrons. The van der Waals surface area contributed by atoms with Crippen LogP contribution in [0.1, 0.15) is 31.7 Å². The molecule has 0 saturated heterocycles. The minimum absolute atomic E-state index is 0. The van der Waals surface area contributed by atoms with Crippen molar-refractivity contribution in [2.45, 2.75) is 65.4 Å². The van der Waals surface area contributed by atoms with E-state index in [1.165, 1.54) is 25.1 Å². The summed E-state index contributed by atoms with van der Waals surface area (Å²) in [6.45, 7) is 5.24. The third kappa shape index (κ3) is 46.4. The Kier molecular flexibility index (Phi) is 33.1. The van der Waals surface area contributed by atoms with Crippen molar-refractivity contribution in [1.29, 1.82) is 0 Å². The molecule has 524 valence electrons. The number of ether oxygens (including phenoxy) is 6. The molecule has 0 amide bonds. The molecular weight excluding hydrogens is 1440 g/mol. The molecule has 0 spiro atoms. The van der Waals surface area contributed by atoms with Crippen molar-refractivity contribution in [3.05, 3.63) is 221 Å². The second-order valence-corrected chi connectivity index (χ2v) is 29.3. The molecule has 33 heteroatoms. The Labute approximate surface area is 548 Å². The quantitative estimate of drug-likeness (QED) is 0.0182. The summed E-state index contributed by atoms with van der Waals surface area (Å²) in [4.78, 5) is 9.26. The van der Waals surface area contributed by atoms with Crippen LogP contribution in [0, 0.1) is 14.9 Å². The fourth-order valence-corrected chi connectivity index (χ4v) is 11.6. The van der Waals surface area contributed by atoms with Gasteiger partial charge in [0.05, 0.1) is 35.0 Å². The van der Waals surface area contributed by atoms with E-state index in [0.717, 1.165) is 49.0 Å². The number of hydrogen-bond donors (Lipinski definition) is 2. The van der Waals surface area contributed by atoms with Crippen LogP contribution in [0.5, 0.6) is 23.0 Å². The van der Waals surface area contributed by atoms with Gasteiger partial charge in [-0.15, -0.1) is 0 Å². The average Bonchev–Trinajstić information content (AvgIpc) is 1.18. The summed E-state index contributed by atoms with van der Waals surface area (Å²) in [5, 5.41) is 18.3. The van der Waals surface area contributed by atoms with Crippen molar-refractivity contribution in [3.8, 4) is 23.0 Å². The van der Waals surface area contributed by atoms with Crippen molar-refractivity contribution < 1.29 is 131 Å². The molecular formula is C60H68F18FeO8P3S3-. The topological polar surface area (TPSA) is 95.8 Å². The molecule has 0 saturated carbocycles. The maximum atomic E-state index is 9.87. The van der Waals surface area contributed by atoms with Crippen molar-refractivity contribution in [2.75, 3.05) is 54.2 Å². The molecule has 0 bridgehead atoms. The van der Waals surface area contributed by atoms with Gasteiger partial charge in [0, 0.05) is 24.0 Å². The van der Waals surface area contributed by atoms with Crippen LogP contribution in [0.4, 0.5) is 75.5 Å². The van der Waals surface area contributed by atoms with Gasteiger partial charge in [0.1, 0.15) is 36.2 Å². The standard InChI is InChI=1S/C44H44O8S3.C9H12.C5H6.2CH3.3F6P.Fe/c1-47-31-51-35-7-19-41(20-8-35)55(42-21-9-36(10-22-42)52-32-48-2)44-25-13-38(14-26-44)53-37-11-23-43(24-12-37)54(39-15-3-33(4-16-39)49-29-27-45)40-17-5-34(6-18-40)50-30-28-46;1-8(2)9-6-4-3-5-7-9;1-2-4-5-3-1;;;3*1-7(2,3,4,5)6;/h3-26,45-46H,27-32H2,1-2H3;3-8H,1-2H3;1-4H,5H2;2*1H3;;;;/q+2;;;5*-1;+2. The fraction of sp³-hybridized carbons (Fsp3) is 0.200. The monoisotopic (exact) mass is 1500 g/mol. The molecule has 1 aliphatic rings. The number of aliphatic hydroxyl groups is 2. The molecule has 0 heterocycles. The molecule has 0 unspecified atom stereocenters. The van der Waals surface area contributed by atoms with Crippen LogP contribution in [0.15, 0.2) is 239 Å². The van der Waals surface area contributed by atoms with E-state index in [-0.39, 0.29) is 82.8 Å². The van der Waals surface area contributed by atoms with E-state index in [1.54, 1.807) is 26.0 Å². The Bertz CT molecular complexity index is 2960. The third-order valence-electron chi connectivity index (χ3n) is 10.1. The molecule has 7 aromatic carbocycles. The number of rotatable bonds is 21. The number of halogens is 18. The second-order valence-electron chi connectivity index (χ2n) is 18.3. The van der Waals surface area contributed by atoms with Gasteiger partial charge in [0.25, 0.3) is 0 Å². The van der Waals surface area contributed by atoms with Gasteiger partial charge in [-0.05, 0) is 163 Å². The van der Waals surface area contributed by atoms with Gasteiger partial charge < -0.3 is 53.5 Å². The number of hydrogen-bond acceptors (Lipinski definition) is 9. The Balaban J connectivity index is 0.00000180. The molecule has 8 nitrogen and oxygen atoms in total. The normalized spacial score (nSPS) is 13.8. The van der Waals surface area contributed by atoms with Crippen molar-refractivity contribution in [2.24, 2.45) is 0 Å². The van der Waals surface area contributed by atoms with Crippen LogP contribution in [-0.4, -0.2) is 64.4 Å². The zero-order valence-corrected chi connectivity index (χ0v) is 56.4. The summed E-state index contributed by atoms with van der Waals surface area (Å²) >= 11 is 1.73. The molecule has 0 aliphatic heterocycles. The second kappa shape index (κ2) is 35.1. The van der Waals surface area contributed by atoms with Crippen LogP contribution in [0.3, 0.4) is 0 Å². The summed E-state index contributed by atoms with van der Waals surface area (Å²) in [7, 11) is -29.5. The summed E-state index contributed by atoms with van der Waals surface area (Å²) in [5.41, 5.74) is 1.41. The van der Waals surface area contributed by atoms with Crippen molar-refractivity contribution in [1.82, 2.24) is 0 Å². The number of methoxy groups -OCH3 is 2. The maximum Gasteiger partial charge on any atom is 2.00 e. The van der Waals surface area contributed by atoms with Crippen LogP contribution < -0.4 is 18.9 Å². The first-order valence-corrected chi connectivity index (χ1v) is 35.1. The summed E-state index contributed by atoms with van der Waals surface area (Å²) in [6.07, 6.45) is 9.50. The average molecular weight is 1500 g/mol. The maximum absolute atomic E-state index is 10.7. The minimum atomic E-state index is -10.7. The zero-order chi connectivity index (χ0) is 67.7. The molecule has 1 aliphatic carbocycles.